The van der Waals surface area contributed by atoms with Crippen LogP contribution in [0.4, 0.5) is 14.5 Å². The van der Waals surface area contributed by atoms with E-state index in [9.17, 15) is 23.5 Å². The number of halogens is 3. The molecule has 3 aromatic carbocycles. The molecule has 8 heteroatoms. The molecule has 0 saturated carbocycles. The van der Waals surface area contributed by atoms with Gasteiger partial charge in [-0.05, 0) is 53.4 Å². The van der Waals surface area contributed by atoms with E-state index < -0.39 is 17.6 Å². The highest BCUT2D eigenvalue weighted by atomic mass is 35.5. The van der Waals surface area contributed by atoms with Crippen LogP contribution in [0.1, 0.15) is 42.2 Å². The fourth-order valence-corrected chi connectivity index (χ4v) is 4.33. The average molecular weight is 497 g/mol. The molecule has 0 unspecified atom stereocenters. The van der Waals surface area contributed by atoms with Crippen molar-refractivity contribution in [2.75, 3.05) is 5.32 Å². The predicted molar refractivity (Wildman–Crippen MR) is 133 cm³/mol. The Kier molecular flexibility index (Phi) is 7.17. The molecule has 35 heavy (non-hydrogen) atoms. The van der Waals surface area contributed by atoms with Gasteiger partial charge in [0.05, 0.1) is 11.2 Å². The molecule has 0 atom stereocenters. The monoisotopic (exact) mass is 496 g/mol. The van der Waals surface area contributed by atoms with Crippen LogP contribution >= 0.6 is 11.6 Å². The summed E-state index contributed by atoms with van der Waals surface area (Å²) in [7, 11) is 0. The Bertz CT molecular complexity index is 1410. The van der Waals surface area contributed by atoms with Gasteiger partial charge in [-0.15, -0.1) is 0 Å². The molecule has 0 radical (unpaired) electrons. The number of hydrogen-bond acceptors (Lipinski definition) is 2. The minimum absolute atomic E-state index is 0.0904. The van der Waals surface area contributed by atoms with Crippen LogP contribution in [0, 0.1) is 11.6 Å². The van der Waals surface area contributed by atoms with Crippen LogP contribution in [0.2, 0.25) is 5.02 Å². The standard InChI is InChI=1S/C27H23ClF2N2O3/c1-2-3-7-24(33)31-25-22-9-8-17(18-11-20(29)14-21(30)12-18)13-23(22)32(26(25)27(34)35)15-16-5-4-6-19(28)10-16/h4-6,8-14H,2-3,7,15H2,1H3,(H,31,33)(H,34,35). The molecule has 1 amide bonds. The second-order valence-corrected chi connectivity index (χ2v) is 8.72. The van der Waals surface area contributed by atoms with Crippen LogP contribution in [-0.4, -0.2) is 21.6 Å². The second-order valence-electron chi connectivity index (χ2n) is 8.29. The number of aromatic carboxylic acids is 1. The normalized spacial score (nSPS) is 11.1. The molecular formula is C27H23ClF2N2O3. The molecule has 0 aliphatic rings. The summed E-state index contributed by atoms with van der Waals surface area (Å²) in [6, 6.07) is 15.2. The molecule has 2 N–H and O–H groups in total. The van der Waals surface area contributed by atoms with Crippen molar-refractivity contribution >= 4 is 40.1 Å². The van der Waals surface area contributed by atoms with E-state index in [0.717, 1.165) is 18.1 Å². The largest absolute Gasteiger partial charge is 0.477 e. The first-order chi connectivity index (χ1) is 16.8. The molecule has 0 spiro atoms. The van der Waals surface area contributed by atoms with Gasteiger partial charge in [0.2, 0.25) is 5.91 Å². The maximum atomic E-state index is 13.9. The second kappa shape index (κ2) is 10.3. The molecule has 0 bridgehead atoms. The molecule has 4 aromatic rings. The summed E-state index contributed by atoms with van der Waals surface area (Å²) in [5.74, 6) is -2.94. The Morgan fingerprint density at radius 1 is 1.00 bits per heavy atom. The van der Waals surface area contributed by atoms with Crippen LogP contribution in [0.25, 0.3) is 22.0 Å². The maximum absolute atomic E-state index is 13.9. The number of carboxylic acid groups (broad SMARTS) is 1. The van der Waals surface area contributed by atoms with Crippen LogP contribution in [0.3, 0.4) is 0 Å². The molecule has 4 rings (SSSR count). The lowest BCUT2D eigenvalue weighted by molar-refractivity contribution is -0.116. The zero-order valence-electron chi connectivity index (χ0n) is 18.9. The number of nitrogens with one attached hydrogen (secondary N) is 1. The van der Waals surface area contributed by atoms with E-state index in [4.69, 9.17) is 11.6 Å². The summed E-state index contributed by atoms with van der Waals surface area (Å²) in [6.07, 6.45) is 1.76. The molecule has 0 fully saturated rings. The van der Waals surface area contributed by atoms with Crippen molar-refractivity contribution in [3.05, 3.63) is 88.6 Å². The van der Waals surface area contributed by atoms with Crippen molar-refractivity contribution in [2.45, 2.75) is 32.7 Å². The number of nitrogens with zero attached hydrogens (tertiary/aromatic N) is 1. The molecule has 0 aliphatic heterocycles. The number of carbonyl (C=O) groups excluding carboxylic acids is 1. The van der Waals surface area contributed by atoms with Gasteiger partial charge in [-0.2, -0.15) is 0 Å². The highest BCUT2D eigenvalue weighted by Gasteiger charge is 2.24. The van der Waals surface area contributed by atoms with Gasteiger partial charge in [-0.3, -0.25) is 4.79 Å². The highest BCUT2D eigenvalue weighted by Crippen LogP contribution is 2.36. The van der Waals surface area contributed by atoms with Gasteiger partial charge in [0.25, 0.3) is 0 Å². The minimum Gasteiger partial charge on any atom is -0.477 e. The fraction of sp³-hybridized carbons (Fsp3) is 0.185. The lowest BCUT2D eigenvalue weighted by Crippen LogP contribution is -2.16. The van der Waals surface area contributed by atoms with Crippen molar-refractivity contribution in [3.63, 3.8) is 0 Å². The number of benzene rings is 3. The molecule has 1 aromatic heterocycles. The van der Waals surface area contributed by atoms with Crippen LogP contribution in [0.15, 0.2) is 60.7 Å². The fourth-order valence-electron chi connectivity index (χ4n) is 4.12. The Morgan fingerprint density at radius 2 is 1.74 bits per heavy atom. The minimum atomic E-state index is -1.22. The number of aromatic nitrogens is 1. The van der Waals surface area contributed by atoms with Crippen molar-refractivity contribution in [1.82, 2.24) is 4.57 Å². The number of anilines is 1. The van der Waals surface area contributed by atoms with Gasteiger partial charge in [-0.1, -0.05) is 49.2 Å². The lowest BCUT2D eigenvalue weighted by Gasteiger charge is -2.11. The van der Waals surface area contributed by atoms with E-state index in [0.29, 0.717) is 33.5 Å². The van der Waals surface area contributed by atoms with Gasteiger partial charge in [0, 0.05) is 29.4 Å². The summed E-state index contributed by atoms with van der Waals surface area (Å²) in [5, 5.41) is 13.9. The molecular weight excluding hydrogens is 474 g/mol. The summed E-state index contributed by atoms with van der Waals surface area (Å²) in [4.78, 5) is 25.0. The summed E-state index contributed by atoms with van der Waals surface area (Å²) < 4.78 is 29.3. The topological polar surface area (TPSA) is 71.3 Å². The zero-order chi connectivity index (χ0) is 25.1. The Hall–Kier alpha value is -3.71. The molecule has 0 aliphatic carbocycles. The maximum Gasteiger partial charge on any atom is 0.354 e. The van der Waals surface area contributed by atoms with Gasteiger partial charge in [0.15, 0.2) is 5.69 Å². The van der Waals surface area contributed by atoms with Crippen molar-refractivity contribution in [1.29, 1.82) is 0 Å². The van der Waals surface area contributed by atoms with Gasteiger partial charge in [0.1, 0.15) is 11.6 Å². The van der Waals surface area contributed by atoms with E-state index in [1.165, 1.54) is 12.1 Å². The molecule has 1 heterocycles. The van der Waals surface area contributed by atoms with Crippen molar-refractivity contribution < 1.29 is 23.5 Å². The summed E-state index contributed by atoms with van der Waals surface area (Å²) in [6.45, 7) is 2.12. The number of fused-ring (bicyclic) bond motifs is 1. The Morgan fingerprint density at radius 3 is 2.40 bits per heavy atom. The van der Waals surface area contributed by atoms with Gasteiger partial charge >= 0.3 is 5.97 Å². The molecule has 0 saturated heterocycles. The third kappa shape index (κ3) is 5.35. The van der Waals surface area contributed by atoms with Gasteiger partial charge < -0.3 is 15.0 Å². The Labute approximate surface area is 206 Å². The van der Waals surface area contributed by atoms with Crippen molar-refractivity contribution in [3.8, 4) is 11.1 Å². The predicted octanol–water partition coefficient (Wildman–Crippen LogP) is 7.12. The number of unbranched alkanes of at least 4 members (excludes halogenated alkanes) is 1. The van der Waals surface area contributed by atoms with Gasteiger partial charge in [-0.25, -0.2) is 13.6 Å². The zero-order valence-corrected chi connectivity index (χ0v) is 19.7. The quantitative estimate of drug-likeness (QED) is 0.273. The molecule has 180 valence electrons. The smallest absolute Gasteiger partial charge is 0.354 e. The number of carboxylic acids is 1. The van der Waals surface area contributed by atoms with E-state index in [-0.39, 0.29) is 30.3 Å². The lowest BCUT2D eigenvalue weighted by atomic mass is 10.0. The van der Waals surface area contributed by atoms with E-state index >= 15 is 0 Å². The summed E-state index contributed by atoms with van der Waals surface area (Å²) >= 11 is 6.14. The highest BCUT2D eigenvalue weighted by molar-refractivity contribution is 6.30. The number of rotatable bonds is 8. The third-order valence-corrected chi connectivity index (χ3v) is 5.95. The van der Waals surface area contributed by atoms with Crippen LogP contribution in [-0.2, 0) is 11.3 Å². The van der Waals surface area contributed by atoms with Crippen molar-refractivity contribution in [2.24, 2.45) is 0 Å². The van der Waals surface area contributed by atoms with E-state index in [2.05, 4.69) is 5.32 Å². The summed E-state index contributed by atoms with van der Waals surface area (Å²) in [5.41, 5.74) is 2.16. The third-order valence-electron chi connectivity index (χ3n) is 5.71. The SMILES string of the molecule is CCCCC(=O)Nc1c(C(=O)O)n(Cc2cccc(Cl)c2)c2cc(-c3cc(F)cc(F)c3)ccc12. The number of carbonyl (C=O) groups is 2. The average Bonchev–Trinajstić information content (AvgIpc) is 3.09. The first kappa shape index (κ1) is 24.4. The number of hydrogen-bond donors (Lipinski definition) is 2. The van der Waals surface area contributed by atoms with Crippen LogP contribution < -0.4 is 5.32 Å². The first-order valence-corrected chi connectivity index (χ1v) is 11.5. The first-order valence-electron chi connectivity index (χ1n) is 11.2. The molecule has 5 nitrogen and oxygen atoms in total. The van der Waals surface area contributed by atoms with Crippen LogP contribution in [0.5, 0.6) is 0 Å². The Balaban J connectivity index is 1.93. The van der Waals surface area contributed by atoms with E-state index in [1.54, 1.807) is 41.0 Å². The number of amides is 1. The van der Waals surface area contributed by atoms with E-state index in [1.807, 2.05) is 13.0 Å².